The average Bonchev–Trinajstić information content (AvgIpc) is 3.27. The Hall–Kier alpha value is -2.72. The number of para-hydroxylation sites is 2. The van der Waals surface area contributed by atoms with Crippen LogP contribution in [0.1, 0.15) is 17.4 Å². The van der Waals surface area contributed by atoms with E-state index in [1.165, 1.54) is 4.90 Å². The summed E-state index contributed by atoms with van der Waals surface area (Å²) in [6.45, 7) is 1.76. The summed E-state index contributed by atoms with van der Waals surface area (Å²) in [5.74, 6) is -1.12. The van der Waals surface area contributed by atoms with Crippen molar-refractivity contribution in [3.05, 3.63) is 88.6 Å². The predicted molar refractivity (Wildman–Crippen MR) is 105 cm³/mol. The molecule has 0 spiro atoms. The Balaban J connectivity index is 1.77. The van der Waals surface area contributed by atoms with E-state index in [1.807, 2.05) is 60.0 Å². The van der Waals surface area contributed by atoms with Crippen molar-refractivity contribution in [1.82, 2.24) is 0 Å². The second-order valence-electron chi connectivity index (χ2n) is 6.37. The third-order valence-electron chi connectivity index (χ3n) is 4.79. The molecule has 1 aliphatic heterocycles. The van der Waals surface area contributed by atoms with E-state index in [9.17, 15) is 4.79 Å². The number of amides is 1. The SMILES string of the molecule is CC(/C=C/c1cccs1)C1(F)C(=O)N(c2ccccc2)c2ccccc21. The molecule has 130 valence electrons. The second-order valence-corrected chi connectivity index (χ2v) is 7.35. The van der Waals surface area contributed by atoms with Gasteiger partial charge in [-0.05, 0) is 35.7 Å². The Bertz CT molecular complexity index is 951. The molecule has 0 fully saturated rings. The number of carbonyl (C=O) groups excluding carboxylic acids is 1. The number of benzene rings is 2. The smallest absolute Gasteiger partial charge is 0.274 e. The number of anilines is 2. The Kier molecular flexibility index (Phi) is 4.21. The summed E-state index contributed by atoms with van der Waals surface area (Å²) >= 11 is 1.59. The van der Waals surface area contributed by atoms with Gasteiger partial charge in [0.2, 0.25) is 5.67 Å². The Labute approximate surface area is 156 Å². The zero-order valence-electron chi connectivity index (χ0n) is 14.3. The van der Waals surface area contributed by atoms with Crippen LogP contribution in [0, 0.1) is 5.92 Å². The molecule has 0 saturated heterocycles. The van der Waals surface area contributed by atoms with Crippen molar-refractivity contribution < 1.29 is 9.18 Å². The molecule has 0 N–H and O–H groups in total. The van der Waals surface area contributed by atoms with E-state index in [0.29, 0.717) is 16.9 Å². The third kappa shape index (κ3) is 2.58. The summed E-state index contributed by atoms with van der Waals surface area (Å²) < 4.78 is 16.2. The summed E-state index contributed by atoms with van der Waals surface area (Å²) in [4.78, 5) is 15.7. The molecule has 0 aliphatic carbocycles. The lowest BCUT2D eigenvalue weighted by molar-refractivity contribution is -0.130. The Morgan fingerprint density at radius 1 is 1.04 bits per heavy atom. The van der Waals surface area contributed by atoms with Crippen molar-refractivity contribution in [2.45, 2.75) is 12.6 Å². The zero-order valence-corrected chi connectivity index (χ0v) is 15.1. The third-order valence-corrected chi connectivity index (χ3v) is 5.62. The van der Waals surface area contributed by atoms with E-state index in [-0.39, 0.29) is 0 Å². The lowest BCUT2D eigenvalue weighted by atomic mass is 9.84. The van der Waals surface area contributed by atoms with E-state index in [4.69, 9.17) is 0 Å². The number of hydrogen-bond acceptors (Lipinski definition) is 2. The van der Waals surface area contributed by atoms with Gasteiger partial charge in [0.15, 0.2) is 0 Å². The molecule has 2 atom stereocenters. The first-order valence-electron chi connectivity index (χ1n) is 8.52. The van der Waals surface area contributed by atoms with Crippen molar-refractivity contribution in [2.24, 2.45) is 5.92 Å². The van der Waals surface area contributed by atoms with Gasteiger partial charge in [-0.3, -0.25) is 9.69 Å². The van der Waals surface area contributed by atoms with Crippen LogP contribution in [0.15, 0.2) is 78.2 Å². The highest BCUT2D eigenvalue weighted by Crippen LogP contribution is 2.50. The van der Waals surface area contributed by atoms with Crippen molar-refractivity contribution >= 4 is 34.7 Å². The molecule has 4 heteroatoms. The summed E-state index contributed by atoms with van der Waals surface area (Å²) in [6.07, 6.45) is 3.67. The van der Waals surface area contributed by atoms with Crippen LogP contribution in [0.4, 0.5) is 15.8 Å². The summed E-state index contributed by atoms with van der Waals surface area (Å²) in [6, 6.07) is 20.3. The van der Waals surface area contributed by atoms with Crippen LogP contribution in [0.25, 0.3) is 6.08 Å². The normalized spacial score (nSPS) is 20.5. The van der Waals surface area contributed by atoms with Crippen LogP contribution in [0.3, 0.4) is 0 Å². The first-order valence-corrected chi connectivity index (χ1v) is 9.40. The second kappa shape index (κ2) is 6.54. The molecular weight excluding hydrogens is 345 g/mol. The summed E-state index contributed by atoms with van der Waals surface area (Å²) in [5, 5.41) is 1.97. The number of fused-ring (bicyclic) bond motifs is 1. The van der Waals surface area contributed by atoms with Gasteiger partial charge in [-0.25, -0.2) is 4.39 Å². The largest absolute Gasteiger partial charge is 0.278 e. The van der Waals surface area contributed by atoms with E-state index in [2.05, 4.69) is 0 Å². The van der Waals surface area contributed by atoms with Crippen molar-refractivity contribution in [2.75, 3.05) is 4.90 Å². The molecule has 4 rings (SSSR count). The Morgan fingerprint density at radius 3 is 2.50 bits per heavy atom. The summed E-state index contributed by atoms with van der Waals surface area (Å²) in [5.41, 5.74) is -0.362. The van der Waals surface area contributed by atoms with Crippen LogP contribution in [-0.2, 0) is 10.5 Å². The maximum absolute atomic E-state index is 16.2. The van der Waals surface area contributed by atoms with Crippen molar-refractivity contribution in [1.29, 1.82) is 0 Å². The standard InChI is InChI=1S/C22H18FNOS/c1-16(13-14-18-10-7-15-26-18)22(23)19-11-5-6-12-20(19)24(21(22)25)17-8-3-2-4-9-17/h2-16H,1H3/b14-13+. The van der Waals surface area contributed by atoms with Gasteiger partial charge in [0.05, 0.1) is 5.69 Å². The van der Waals surface area contributed by atoms with E-state index < -0.39 is 17.5 Å². The highest BCUT2D eigenvalue weighted by molar-refractivity contribution is 7.10. The van der Waals surface area contributed by atoms with Gasteiger partial charge >= 0.3 is 0 Å². The van der Waals surface area contributed by atoms with Crippen molar-refractivity contribution in [3.8, 4) is 0 Å². The molecule has 2 aromatic carbocycles. The quantitative estimate of drug-likeness (QED) is 0.562. The van der Waals surface area contributed by atoms with E-state index >= 15 is 4.39 Å². The minimum Gasteiger partial charge on any atom is -0.278 e. The zero-order chi connectivity index (χ0) is 18.1. The molecule has 0 saturated carbocycles. The van der Waals surface area contributed by atoms with Gasteiger partial charge in [0.1, 0.15) is 0 Å². The van der Waals surface area contributed by atoms with Crippen LogP contribution in [-0.4, -0.2) is 5.91 Å². The van der Waals surface area contributed by atoms with Crippen LogP contribution >= 0.6 is 11.3 Å². The number of allylic oxidation sites excluding steroid dienone is 1. The molecule has 2 nitrogen and oxygen atoms in total. The van der Waals surface area contributed by atoms with Crippen LogP contribution in [0.5, 0.6) is 0 Å². The molecule has 26 heavy (non-hydrogen) atoms. The van der Waals surface area contributed by atoms with Gasteiger partial charge < -0.3 is 0 Å². The fraction of sp³-hybridized carbons (Fsp3) is 0.136. The number of carbonyl (C=O) groups is 1. The maximum atomic E-state index is 16.2. The number of nitrogens with zero attached hydrogens (tertiary/aromatic N) is 1. The lowest BCUT2D eigenvalue weighted by Crippen LogP contribution is -2.39. The molecule has 3 aromatic rings. The predicted octanol–water partition coefficient (Wildman–Crippen LogP) is 5.94. The molecule has 2 heterocycles. The first kappa shape index (κ1) is 16.7. The van der Waals surface area contributed by atoms with Crippen molar-refractivity contribution in [3.63, 3.8) is 0 Å². The number of halogens is 1. The number of thiophene rings is 1. The Morgan fingerprint density at radius 2 is 1.77 bits per heavy atom. The topological polar surface area (TPSA) is 20.3 Å². The lowest BCUT2D eigenvalue weighted by Gasteiger charge is -2.25. The van der Waals surface area contributed by atoms with Gasteiger partial charge in [0, 0.05) is 22.0 Å². The molecule has 0 radical (unpaired) electrons. The van der Waals surface area contributed by atoms with E-state index in [1.54, 1.807) is 42.5 Å². The molecule has 1 aliphatic rings. The van der Waals surface area contributed by atoms with Gasteiger partial charge in [-0.2, -0.15) is 0 Å². The summed E-state index contributed by atoms with van der Waals surface area (Å²) in [7, 11) is 0. The molecule has 2 unspecified atom stereocenters. The molecule has 1 aromatic heterocycles. The van der Waals surface area contributed by atoms with Crippen LogP contribution in [0.2, 0.25) is 0 Å². The monoisotopic (exact) mass is 363 g/mol. The minimum atomic E-state index is -2.08. The number of hydrogen-bond donors (Lipinski definition) is 0. The van der Waals surface area contributed by atoms with Gasteiger partial charge in [-0.1, -0.05) is 55.5 Å². The highest BCUT2D eigenvalue weighted by Gasteiger charge is 2.54. The fourth-order valence-corrected chi connectivity index (χ4v) is 4.02. The maximum Gasteiger partial charge on any atom is 0.274 e. The van der Waals surface area contributed by atoms with Crippen LogP contribution < -0.4 is 4.90 Å². The number of rotatable bonds is 4. The average molecular weight is 363 g/mol. The molecular formula is C22H18FNOS. The van der Waals surface area contributed by atoms with Gasteiger partial charge in [0.25, 0.3) is 5.91 Å². The molecule has 0 bridgehead atoms. The first-order chi connectivity index (χ1) is 12.6. The van der Waals surface area contributed by atoms with E-state index in [0.717, 1.165) is 4.88 Å². The fourth-order valence-electron chi connectivity index (χ4n) is 3.39. The highest BCUT2D eigenvalue weighted by atomic mass is 32.1. The minimum absolute atomic E-state index is 0.428. The number of alkyl halides is 1. The molecule has 1 amide bonds. The van der Waals surface area contributed by atoms with Gasteiger partial charge in [-0.15, -0.1) is 11.3 Å².